The van der Waals surface area contributed by atoms with Gasteiger partial charge in [0.25, 0.3) is 0 Å². The maximum absolute atomic E-state index is 10.4. The monoisotopic (exact) mass is 287 g/mol. The van der Waals surface area contributed by atoms with E-state index in [0.717, 1.165) is 29.6 Å². The van der Waals surface area contributed by atoms with Gasteiger partial charge < -0.3 is 14.1 Å². The Morgan fingerprint density at radius 3 is 2.05 bits per heavy atom. The summed E-state index contributed by atoms with van der Waals surface area (Å²) in [6, 6.07) is 5.78. The fourth-order valence-electron chi connectivity index (χ4n) is 1.96. The Kier molecular flexibility index (Phi) is 5.09. The first kappa shape index (κ1) is 16.1. The van der Waals surface area contributed by atoms with E-state index >= 15 is 0 Å². The summed E-state index contributed by atoms with van der Waals surface area (Å²) in [7, 11) is 0.0285. The van der Waals surface area contributed by atoms with Crippen LogP contribution < -0.4 is 0 Å². The van der Waals surface area contributed by atoms with Crippen LogP contribution in [-0.4, -0.2) is 55.8 Å². The molecule has 1 unspecified atom stereocenters. The first-order valence-electron chi connectivity index (χ1n) is 6.13. The van der Waals surface area contributed by atoms with Crippen molar-refractivity contribution in [3.8, 4) is 0 Å². The van der Waals surface area contributed by atoms with E-state index in [1.54, 1.807) is 12.1 Å². The standard InChI is InChI=1S/C7H8O3S.C6H14NO/c1-6-2-4-7(5-3-6)11(8,9)10;1-7(2)4-3-6(8)5-7/h2-5H,1H3,(H,8,9,10);6,8H,3-5H2,1-2H3/q;+1/p-1. The van der Waals surface area contributed by atoms with Crippen molar-refractivity contribution in [2.24, 2.45) is 0 Å². The number of nitrogens with zero attached hydrogens (tertiary/aromatic N) is 1. The summed E-state index contributed by atoms with van der Waals surface area (Å²) in [6.45, 7) is 3.88. The van der Waals surface area contributed by atoms with Gasteiger partial charge in [0.1, 0.15) is 22.8 Å². The number of likely N-dealkylation sites (tertiary alicyclic amines) is 1. The summed E-state index contributed by atoms with van der Waals surface area (Å²) in [6.07, 6.45) is 0.942. The molecule has 1 N–H and O–H groups in total. The molecule has 1 saturated heterocycles. The largest absolute Gasteiger partial charge is 0.744 e. The number of rotatable bonds is 1. The van der Waals surface area contributed by atoms with E-state index in [-0.39, 0.29) is 11.0 Å². The van der Waals surface area contributed by atoms with Gasteiger partial charge in [0, 0.05) is 6.42 Å². The van der Waals surface area contributed by atoms with Gasteiger partial charge in [0.05, 0.1) is 25.5 Å². The van der Waals surface area contributed by atoms with Crippen LogP contribution in [0.25, 0.3) is 0 Å². The van der Waals surface area contributed by atoms with E-state index < -0.39 is 10.1 Å². The van der Waals surface area contributed by atoms with Gasteiger partial charge in [0.2, 0.25) is 0 Å². The predicted octanol–water partition coefficient (Wildman–Crippen LogP) is 0.727. The average Bonchev–Trinajstić information content (AvgIpc) is 2.56. The second-order valence-corrected chi connectivity index (χ2v) is 6.93. The van der Waals surface area contributed by atoms with Gasteiger partial charge in [-0.3, -0.25) is 0 Å². The molecule has 5 nitrogen and oxygen atoms in total. The molecular formula is C13H21NO4S. The molecule has 1 aromatic rings. The van der Waals surface area contributed by atoms with Crippen molar-refractivity contribution in [1.29, 1.82) is 0 Å². The van der Waals surface area contributed by atoms with Gasteiger partial charge in [-0.1, -0.05) is 17.7 Å². The summed E-state index contributed by atoms with van der Waals surface area (Å²) in [5, 5.41) is 9.05. The van der Waals surface area contributed by atoms with E-state index in [1.807, 2.05) is 6.92 Å². The lowest BCUT2D eigenvalue weighted by molar-refractivity contribution is -0.879. The molecule has 0 saturated carbocycles. The van der Waals surface area contributed by atoms with Gasteiger partial charge in [-0.05, 0) is 19.1 Å². The fraction of sp³-hybridized carbons (Fsp3) is 0.538. The molecule has 0 aliphatic carbocycles. The number of likely N-dealkylation sites (N-methyl/N-ethyl adjacent to an activating group) is 1. The molecule has 0 amide bonds. The van der Waals surface area contributed by atoms with Crippen molar-refractivity contribution in [2.75, 3.05) is 27.2 Å². The van der Waals surface area contributed by atoms with Crippen LogP contribution >= 0.6 is 0 Å². The Morgan fingerprint density at radius 1 is 1.26 bits per heavy atom. The molecule has 1 heterocycles. The van der Waals surface area contributed by atoms with Crippen molar-refractivity contribution >= 4 is 10.1 Å². The second kappa shape index (κ2) is 6.00. The first-order valence-corrected chi connectivity index (χ1v) is 7.54. The quantitative estimate of drug-likeness (QED) is 0.610. The number of aliphatic hydroxyl groups is 1. The maximum atomic E-state index is 10.4. The van der Waals surface area contributed by atoms with Gasteiger partial charge in [0.15, 0.2) is 0 Å². The summed E-state index contributed by atoms with van der Waals surface area (Å²) >= 11 is 0. The van der Waals surface area contributed by atoms with Crippen molar-refractivity contribution < 1.29 is 22.6 Å². The number of benzene rings is 1. The minimum Gasteiger partial charge on any atom is -0.744 e. The zero-order valence-corrected chi connectivity index (χ0v) is 12.4. The summed E-state index contributed by atoms with van der Waals surface area (Å²) in [5.74, 6) is 0. The lowest BCUT2D eigenvalue weighted by Gasteiger charge is -2.22. The third-order valence-corrected chi connectivity index (χ3v) is 3.93. The van der Waals surface area contributed by atoms with E-state index in [9.17, 15) is 13.0 Å². The minimum absolute atomic E-state index is 0.0370. The summed E-state index contributed by atoms with van der Waals surface area (Å²) in [4.78, 5) is -0.178. The normalized spacial score (nSPS) is 21.6. The highest BCUT2D eigenvalue weighted by atomic mass is 32.2. The van der Waals surface area contributed by atoms with Crippen LogP contribution in [0, 0.1) is 6.92 Å². The van der Waals surface area contributed by atoms with Crippen LogP contribution in [0.3, 0.4) is 0 Å². The molecule has 0 bridgehead atoms. The zero-order chi connectivity index (χ0) is 14.7. The molecule has 0 radical (unpaired) electrons. The lowest BCUT2D eigenvalue weighted by atomic mass is 10.2. The molecule has 1 fully saturated rings. The Hall–Kier alpha value is -0.950. The van der Waals surface area contributed by atoms with Crippen molar-refractivity contribution in [2.45, 2.75) is 24.3 Å². The number of aryl methyl sites for hydroxylation is 1. The SMILES string of the molecule is C[N+]1(C)CCC(O)C1.Cc1ccc(S(=O)(=O)[O-])cc1. The average molecular weight is 287 g/mol. The number of quaternary nitrogens is 1. The minimum atomic E-state index is -4.27. The first-order chi connectivity index (χ1) is 8.60. The number of hydrogen-bond acceptors (Lipinski definition) is 4. The maximum Gasteiger partial charge on any atom is 0.124 e. The van der Waals surface area contributed by atoms with E-state index in [1.165, 1.54) is 12.1 Å². The lowest BCUT2D eigenvalue weighted by Crippen LogP contribution is -2.37. The highest BCUT2D eigenvalue weighted by molar-refractivity contribution is 7.85. The third kappa shape index (κ3) is 5.69. The summed E-state index contributed by atoms with van der Waals surface area (Å²) < 4.78 is 32.2. The highest BCUT2D eigenvalue weighted by Crippen LogP contribution is 2.12. The fourth-order valence-corrected chi connectivity index (χ4v) is 2.43. The van der Waals surface area contributed by atoms with E-state index in [0.29, 0.717) is 0 Å². The molecule has 0 spiro atoms. The number of hydrogen-bond donors (Lipinski definition) is 1. The zero-order valence-electron chi connectivity index (χ0n) is 11.5. The highest BCUT2D eigenvalue weighted by Gasteiger charge is 2.28. The van der Waals surface area contributed by atoms with Crippen LogP contribution in [0.1, 0.15) is 12.0 Å². The van der Waals surface area contributed by atoms with Crippen molar-refractivity contribution in [1.82, 2.24) is 0 Å². The van der Waals surface area contributed by atoms with Gasteiger partial charge in [-0.25, -0.2) is 8.42 Å². The van der Waals surface area contributed by atoms with Crippen LogP contribution in [-0.2, 0) is 10.1 Å². The molecule has 1 aliphatic heterocycles. The van der Waals surface area contributed by atoms with Crippen LogP contribution in [0.2, 0.25) is 0 Å². The van der Waals surface area contributed by atoms with Crippen LogP contribution in [0.4, 0.5) is 0 Å². The predicted molar refractivity (Wildman–Crippen MR) is 71.6 cm³/mol. The van der Waals surface area contributed by atoms with Crippen molar-refractivity contribution in [3.63, 3.8) is 0 Å². The Balaban J connectivity index is 0.000000200. The second-order valence-electron chi connectivity index (χ2n) is 5.55. The number of aliphatic hydroxyl groups excluding tert-OH is 1. The molecule has 1 aliphatic rings. The molecule has 1 aromatic carbocycles. The van der Waals surface area contributed by atoms with Crippen LogP contribution in [0.15, 0.2) is 29.2 Å². The molecule has 0 aromatic heterocycles. The molecule has 19 heavy (non-hydrogen) atoms. The molecule has 108 valence electrons. The van der Waals surface area contributed by atoms with Crippen LogP contribution in [0.5, 0.6) is 0 Å². The van der Waals surface area contributed by atoms with Gasteiger partial charge >= 0.3 is 0 Å². The molecule has 2 rings (SSSR count). The molecule has 1 atom stereocenters. The van der Waals surface area contributed by atoms with E-state index in [4.69, 9.17) is 5.11 Å². The molecule has 6 heteroatoms. The van der Waals surface area contributed by atoms with E-state index in [2.05, 4.69) is 14.1 Å². The third-order valence-electron chi connectivity index (χ3n) is 3.08. The summed E-state index contributed by atoms with van der Waals surface area (Å²) in [5.41, 5.74) is 0.928. The molecular weight excluding hydrogens is 266 g/mol. The van der Waals surface area contributed by atoms with Gasteiger partial charge in [-0.15, -0.1) is 0 Å². The Labute approximate surface area is 114 Å². The Morgan fingerprint density at radius 2 is 1.79 bits per heavy atom. The van der Waals surface area contributed by atoms with Crippen molar-refractivity contribution in [3.05, 3.63) is 29.8 Å². The smallest absolute Gasteiger partial charge is 0.124 e. The topological polar surface area (TPSA) is 77.4 Å². The van der Waals surface area contributed by atoms with Gasteiger partial charge in [-0.2, -0.15) is 0 Å². The Bertz CT molecular complexity index is 508.